The topological polar surface area (TPSA) is 76.1 Å². The second kappa shape index (κ2) is 7.99. The molecule has 3 aromatic rings. The van der Waals surface area contributed by atoms with E-state index in [1.807, 2.05) is 37.4 Å². The number of aromatic nitrogens is 2. The van der Waals surface area contributed by atoms with Gasteiger partial charge in [-0.1, -0.05) is 12.2 Å². The predicted molar refractivity (Wildman–Crippen MR) is 114 cm³/mol. The molecule has 2 aromatic heterocycles. The van der Waals surface area contributed by atoms with Crippen molar-refractivity contribution in [2.24, 2.45) is 5.92 Å². The lowest BCUT2D eigenvalue weighted by Gasteiger charge is -2.14. The van der Waals surface area contributed by atoms with Gasteiger partial charge in [0.05, 0.1) is 7.11 Å². The highest BCUT2D eigenvalue weighted by Crippen LogP contribution is 2.35. The number of ether oxygens (including phenoxy) is 1. The predicted octanol–water partition coefficient (Wildman–Crippen LogP) is 3.72. The molecule has 1 aromatic carbocycles. The fraction of sp³-hybridized carbons (Fsp3) is 0.304. The van der Waals surface area contributed by atoms with Crippen molar-refractivity contribution in [1.29, 1.82) is 0 Å². The summed E-state index contributed by atoms with van der Waals surface area (Å²) >= 11 is 0. The minimum Gasteiger partial charge on any atom is -0.496 e. The highest BCUT2D eigenvalue weighted by molar-refractivity contribution is 6.00. The van der Waals surface area contributed by atoms with Gasteiger partial charge in [-0.2, -0.15) is 0 Å². The van der Waals surface area contributed by atoms with Gasteiger partial charge in [-0.3, -0.25) is 9.59 Å². The fourth-order valence-corrected chi connectivity index (χ4v) is 3.49. The van der Waals surface area contributed by atoms with Gasteiger partial charge in [0, 0.05) is 47.6 Å². The van der Waals surface area contributed by atoms with Crippen LogP contribution >= 0.6 is 0 Å². The molecule has 1 saturated carbocycles. The third-order valence-electron chi connectivity index (χ3n) is 5.33. The molecular weight excluding hydrogens is 366 g/mol. The Morgan fingerprint density at radius 3 is 2.86 bits per heavy atom. The number of pyridine rings is 1. The highest BCUT2D eigenvalue weighted by Gasteiger charge is 2.22. The number of carbonyl (C=O) groups excluding carboxylic acids is 1. The molecule has 1 aliphatic rings. The molecule has 29 heavy (non-hydrogen) atoms. The minimum absolute atomic E-state index is 0.0795. The van der Waals surface area contributed by atoms with E-state index in [2.05, 4.69) is 10.3 Å². The van der Waals surface area contributed by atoms with E-state index < -0.39 is 0 Å². The van der Waals surface area contributed by atoms with Crippen LogP contribution in [0.25, 0.3) is 22.0 Å². The summed E-state index contributed by atoms with van der Waals surface area (Å²) in [5, 5.41) is 3.81. The summed E-state index contributed by atoms with van der Waals surface area (Å²) in [6.07, 6.45) is 9.81. The number of carbonyl (C=O) groups is 1. The Morgan fingerprint density at radius 1 is 1.31 bits per heavy atom. The van der Waals surface area contributed by atoms with Crippen LogP contribution in [0.3, 0.4) is 0 Å². The average Bonchev–Trinajstić information content (AvgIpc) is 3.44. The average molecular weight is 391 g/mol. The molecular formula is C23H25N3O3. The van der Waals surface area contributed by atoms with Gasteiger partial charge in [0.25, 0.3) is 11.5 Å². The van der Waals surface area contributed by atoms with Crippen LogP contribution in [-0.2, 0) is 6.54 Å². The molecule has 4 rings (SSSR count). The fourth-order valence-electron chi connectivity index (χ4n) is 3.49. The van der Waals surface area contributed by atoms with Crippen molar-refractivity contribution in [2.45, 2.75) is 26.3 Å². The molecule has 0 unspecified atom stereocenters. The van der Waals surface area contributed by atoms with Gasteiger partial charge in [0.15, 0.2) is 0 Å². The van der Waals surface area contributed by atoms with E-state index >= 15 is 0 Å². The van der Waals surface area contributed by atoms with Gasteiger partial charge >= 0.3 is 0 Å². The van der Waals surface area contributed by atoms with Gasteiger partial charge in [-0.05, 0) is 49.9 Å². The number of aromatic amines is 1. The SMILES string of the molecule is C/C=C/Cn1cc(-c2cc(C(=O)NCC3CC3)ccc2OC)c2cc[nH]c2c1=O. The quantitative estimate of drug-likeness (QED) is 0.603. The van der Waals surface area contributed by atoms with E-state index in [9.17, 15) is 9.59 Å². The lowest BCUT2D eigenvalue weighted by molar-refractivity contribution is 0.0952. The van der Waals surface area contributed by atoms with Crippen molar-refractivity contribution < 1.29 is 9.53 Å². The van der Waals surface area contributed by atoms with Crippen LogP contribution in [0, 0.1) is 5.92 Å². The van der Waals surface area contributed by atoms with Crippen molar-refractivity contribution in [3.63, 3.8) is 0 Å². The third kappa shape index (κ3) is 3.83. The van der Waals surface area contributed by atoms with E-state index in [-0.39, 0.29) is 11.5 Å². The number of rotatable bonds is 7. The van der Waals surface area contributed by atoms with Crippen LogP contribution in [0.15, 0.2) is 53.6 Å². The molecule has 0 radical (unpaired) electrons. The van der Waals surface area contributed by atoms with E-state index in [0.29, 0.717) is 29.3 Å². The standard InChI is InChI=1S/C23H25N3O3/c1-3-4-11-26-14-19(17-9-10-24-21(17)23(26)28)18-12-16(7-8-20(18)29-2)22(27)25-13-15-5-6-15/h3-4,7-10,12,14-15,24H,5-6,11,13H2,1-2H3,(H,25,27)/b4-3+. The summed E-state index contributed by atoms with van der Waals surface area (Å²) in [5.41, 5.74) is 2.67. The number of nitrogens with one attached hydrogen (secondary N) is 2. The first-order valence-electron chi connectivity index (χ1n) is 9.90. The van der Waals surface area contributed by atoms with Crippen LogP contribution in [0.1, 0.15) is 30.1 Å². The Hall–Kier alpha value is -3.28. The number of hydrogen-bond donors (Lipinski definition) is 2. The molecule has 0 aliphatic heterocycles. The first-order chi connectivity index (χ1) is 14.1. The first-order valence-corrected chi connectivity index (χ1v) is 9.90. The van der Waals surface area contributed by atoms with Crippen molar-refractivity contribution >= 4 is 16.8 Å². The summed E-state index contributed by atoms with van der Waals surface area (Å²) in [7, 11) is 1.61. The van der Waals surface area contributed by atoms with E-state index in [0.717, 1.165) is 23.1 Å². The highest BCUT2D eigenvalue weighted by atomic mass is 16.5. The van der Waals surface area contributed by atoms with Crippen molar-refractivity contribution in [2.75, 3.05) is 13.7 Å². The third-order valence-corrected chi connectivity index (χ3v) is 5.33. The van der Waals surface area contributed by atoms with Crippen molar-refractivity contribution in [3.8, 4) is 16.9 Å². The zero-order valence-electron chi connectivity index (χ0n) is 16.7. The number of allylic oxidation sites excluding steroid dienone is 2. The zero-order valence-corrected chi connectivity index (χ0v) is 16.7. The number of methoxy groups -OCH3 is 1. The smallest absolute Gasteiger partial charge is 0.275 e. The van der Waals surface area contributed by atoms with Crippen LogP contribution in [0.5, 0.6) is 5.75 Å². The Kier molecular flexibility index (Phi) is 5.25. The van der Waals surface area contributed by atoms with Crippen LogP contribution in [0.2, 0.25) is 0 Å². The van der Waals surface area contributed by atoms with Crippen LogP contribution in [-0.4, -0.2) is 29.1 Å². The monoisotopic (exact) mass is 391 g/mol. The maximum Gasteiger partial charge on any atom is 0.275 e. The molecule has 1 fully saturated rings. The second-order valence-electron chi connectivity index (χ2n) is 7.40. The number of nitrogens with zero attached hydrogens (tertiary/aromatic N) is 1. The Balaban J connectivity index is 1.82. The van der Waals surface area contributed by atoms with E-state index in [1.54, 1.807) is 30.0 Å². The van der Waals surface area contributed by atoms with Crippen LogP contribution < -0.4 is 15.6 Å². The number of hydrogen-bond acceptors (Lipinski definition) is 3. The number of fused-ring (bicyclic) bond motifs is 1. The number of benzene rings is 1. The number of H-pyrrole nitrogens is 1. The lowest BCUT2D eigenvalue weighted by Crippen LogP contribution is -2.25. The Labute approximate surface area is 169 Å². The molecule has 150 valence electrons. The minimum atomic E-state index is -0.0895. The maximum atomic E-state index is 12.8. The van der Waals surface area contributed by atoms with Gasteiger partial charge in [0.2, 0.25) is 0 Å². The molecule has 6 heteroatoms. The number of amides is 1. The molecule has 2 heterocycles. The Morgan fingerprint density at radius 2 is 2.14 bits per heavy atom. The van der Waals surface area contributed by atoms with Gasteiger partial charge in [-0.25, -0.2) is 0 Å². The second-order valence-corrected chi connectivity index (χ2v) is 7.40. The van der Waals surface area contributed by atoms with Gasteiger partial charge in [0.1, 0.15) is 11.3 Å². The first kappa shape index (κ1) is 19.1. The summed E-state index contributed by atoms with van der Waals surface area (Å²) < 4.78 is 7.24. The molecule has 0 saturated heterocycles. The van der Waals surface area contributed by atoms with Crippen LogP contribution in [0.4, 0.5) is 0 Å². The van der Waals surface area contributed by atoms with Crippen molar-refractivity contribution in [3.05, 3.63) is 64.7 Å². The molecule has 0 spiro atoms. The van der Waals surface area contributed by atoms with Gasteiger partial charge < -0.3 is 19.6 Å². The molecule has 1 aliphatic carbocycles. The van der Waals surface area contributed by atoms with Gasteiger partial charge in [-0.15, -0.1) is 0 Å². The normalized spacial score (nSPS) is 13.9. The summed E-state index contributed by atoms with van der Waals surface area (Å²) in [6, 6.07) is 7.30. The van der Waals surface area contributed by atoms with E-state index in [1.165, 1.54) is 12.8 Å². The van der Waals surface area contributed by atoms with E-state index in [4.69, 9.17) is 4.74 Å². The molecule has 0 atom stereocenters. The molecule has 1 amide bonds. The Bertz CT molecular complexity index is 1140. The molecule has 6 nitrogen and oxygen atoms in total. The maximum absolute atomic E-state index is 12.8. The summed E-state index contributed by atoms with van der Waals surface area (Å²) in [5.74, 6) is 1.18. The zero-order chi connectivity index (χ0) is 20.4. The molecule has 0 bridgehead atoms. The molecule has 2 N–H and O–H groups in total. The summed E-state index contributed by atoms with van der Waals surface area (Å²) in [6.45, 7) is 3.11. The lowest BCUT2D eigenvalue weighted by atomic mass is 10.00. The summed E-state index contributed by atoms with van der Waals surface area (Å²) in [4.78, 5) is 28.4. The largest absolute Gasteiger partial charge is 0.496 e. The van der Waals surface area contributed by atoms with Crippen molar-refractivity contribution in [1.82, 2.24) is 14.9 Å².